The summed E-state index contributed by atoms with van der Waals surface area (Å²) >= 11 is 5.81. The van der Waals surface area contributed by atoms with Gasteiger partial charge in [0.15, 0.2) is 0 Å². The van der Waals surface area contributed by atoms with Crippen molar-refractivity contribution >= 4 is 34.7 Å². The van der Waals surface area contributed by atoms with E-state index in [1.807, 2.05) is 65.8 Å². The molecule has 2 aromatic rings. The van der Waals surface area contributed by atoms with Crippen LogP contribution in [0.15, 0.2) is 47.6 Å². The SMILES string of the molecule is C/C(=N\OC(C)(C)C)c1cccc(C(C)(C)NC(=O)Nc2ccc(Cl)c([N+](=O)[O-])c2)c1. The molecule has 9 heteroatoms. The Morgan fingerprint density at radius 2 is 1.81 bits per heavy atom. The molecule has 0 unspecified atom stereocenters. The predicted molar refractivity (Wildman–Crippen MR) is 123 cm³/mol. The van der Waals surface area contributed by atoms with E-state index in [4.69, 9.17) is 16.4 Å². The summed E-state index contributed by atoms with van der Waals surface area (Å²) in [6, 6.07) is 11.2. The van der Waals surface area contributed by atoms with Gasteiger partial charge in [-0.2, -0.15) is 0 Å². The molecule has 0 fully saturated rings. The molecular formula is C22H27ClN4O4. The van der Waals surface area contributed by atoms with Crippen LogP contribution in [0.4, 0.5) is 16.2 Å². The Bertz CT molecular complexity index is 1010. The lowest BCUT2D eigenvalue weighted by Crippen LogP contribution is -2.43. The van der Waals surface area contributed by atoms with Crippen LogP contribution >= 0.6 is 11.6 Å². The zero-order valence-electron chi connectivity index (χ0n) is 18.4. The molecule has 0 saturated heterocycles. The van der Waals surface area contributed by atoms with E-state index in [2.05, 4.69) is 15.8 Å². The van der Waals surface area contributed by atoms with E-state index in [1.54, 1.807) is 0 Å². The van der Waals surface area contributed by atoms with Gasteiger partial charge in [0, 0.05) is 11.8 Å². The molecule has 0 saturated carbocycles. The van der Waals surface area contributed by atoms with Crippen molar-refractivity contribution in [2.24, 2.45) is 5.16 Å². The number of oxime groups is 1. The molecule has 0 heterocycles. The van der Waals surface area contributed by atoms with Crippen molar-refractivity contribution in [3.63, 3.8) is 0 Å². The van der Waals surface area contributed by atoms with Gasteiger partial charge in [-0.1, -0.05) is 35.0 Å². The highest BCUT2D eigenvalue weighted by Gasteiger charge is 2.24. The average molecular weight is 447 g/mol. The first-order valence-corrected chi connectivity index (χ1v) is 10.0. The molecule has 0 aliphatic rings. The van der Waals surface area contributed by atoms with Crippen molar-refractivity contribution in [3.8, 4) is 0 Å². The molecule has 2 aromatic carbocycles. The first-order chi connectivity index (χ1) is 14.3. The zero-order valence-corrected chi connectivity index (χ0v) is 19.2. The van der Waals surface area contributed by atoms with Crippen molar-refractivity contribution in [1.29, 1.82) is 0 Å². The summed E-state index contributed by atoms with van der Waals surface area (Å²) in [6.45, 7) is 11.3. The normalized spacial score (nSPS) is 12.3. The monoisotopic (exact) mass is 446 g/mol. The Morgan fingerprint density at radius 3 is 2.42 bits per heavy atom. The summed E-state index contributed by atoms with van der Waals surface area (Å²) in [5.74, 6) is 0. The van der Waals surface area contributed by atoms with Gasteiger partial charge in [0.25, 0.3) is 5.69 Å². The summed E-state index contributed by atoms with van der Waals surface area (Å²) in [7, 11) is 0. The number of amides is 2. The molecule has 0 radical (unpaired) electrons. The van der Waals surface area contributed by atoms with Gasteiger partial charge in [0.1, 0.15) is 10.6 Å². The number of carbonyl (C=O) groups excluding carboxylic acids is 1. The second-order valence-electron chi connectivity index (χ2n) is 8.59. The third-order valence-corrected chi connectivity index (χ3v) is 4.60. The molecule has 0 aliphatic carbocycles. The second kappa shape index (κ2) is 9.34. The maximum atomic E-state index is 12.5. The number of nitrogens with zero attached hydrogens (tertiary/aromatic N) is 2. The van der Waals surface area contributed by atoms with Gasteiger partial charge in [-0.3, -0.25) is 10.1 Å². The van der Waals surface area contributed by atoms with Crippen LogP contribution in [0.25, 0.3) is 0 Å². The minimum atomic E-state index is -0.733. The number of carbonyl (C=O) groups is 1. The fourth-order valence-electron chi connectivity index (χ4n) is 2.64. The number of nitro groups is 1. The molecule has 0 bridgehead atoms. The fourth-order valence-corrected chi connectivity index (χ4v) is 2.83. The molecular weight excluding hydrogens is 420 g/mol. The van der Waals surface area contributed by atoms with E-state index in [1.165, 1.54) is 18.2 Å². The van der Waals surface area contributed by atoms with Crippen molar-refractivity contribution < 1.29 is 14.6 Å². The van der Waals surface area contributed by atoms with Crippen LogP contribution < -0.4 is 10.6 Å². The second-order valence-corrected chi connectivity index (χ2v) is 9.00. The van der Waals surface area contributed by atoms with Gasteiger partial charge < -0.3 is 15.5 Å². The Hall–Kier alpha value is -3.13. The van der Waals surface area contributed by atoms with Gasteiger partial charge in [0.05, 0.1) is 16.2 Å². The third-order valence-electron chi connectivity index (χ3n) is 4.29. The predicted octanol–water partition coefficient (Wildman–Crippen LogP) is 5.84. The Kier molecular flexibility index (Phi) is 7.28. The number of halogens is 1. The number of rotatable bonds is 6. The zero-order chi connectivity index (χ0) is 23.4. The molecule has 2 amide bonds. The number of benzene rings is 2. The Morgan fingerprint density at radius 1 is 1.13 bits per heavy atom. The van der Waals surface area contributed by atoms with E-state index >= 15 is 0 Å². The van der Waals surface area contributed by atoms with Crippen LogP contribution in [0.1, 0.15) is 52.7 Å². The Balaban J connectivity index is 2.16. The standard InChI is InChI=1S/C22H27ClN4O4/c1-14(26-31-21(2,3)4)15-8-7-9-16(12-15)22(5,6)25-20(28)24-17-10-11-18(23)19(13-17)27(29)30/h7-13H,1-6H3,(H2,24,25,28)/b26-14+. The lowest BCUT2D eigenvalue weighted by molar-refractivity contribution is -0.384. The van der Waals surface area contributed by atoms with Crippen LogP contribution in [0.3, 0.4) is 0 Å². The van der Waals surface area contributed by atoms with Gasteiger partial charge in [-0.15, -0.1) is 0 Å². The number of anilines is 1. The highest BCUT2D eigenvalue weighted by molar-refractivity contribution is 6.32. The van der Waals surface area contributed by atoms with Gasteiger partial charge in [-0.25, -0.2) is 4.79 Å². The van der Waals surface area contributed by atoms with Crippen molar-refractivity contribution in [3.05, 3.63) is 68.7 Å². The van der Waals surface area contributed by atoms with Crippen molar-refractivity contribution in [2.45, 2.75) is 52.7 Å². The van der Waals surface area contributed by atoms with Crippen LogP contribution in [-0.4, -0.2) is 22.3 Å². The van der Waals surface area contributed by atoms with Gasteiger partial charge >= 0.3 is 6.03 Å². The molecule has 0 atom stereocenters. The van der Waals surface area contributed by atoms with Crippen molar-refractivity contribution in [2.75, 3.05) is 5.32 Å². The number of hydrogen-bond acceptors (Lipinski definition) is 5. The minimum absolute atomic E-state index is 0.000534. The lowest BCUT2D eigenvalue weighted by atomic mass is 9.92. The van der Waals surface area contributed by atoms with E-state index in [0.717, 1.165) is 11.1 Å². The summed E-state index contributed by atoms with van der Waals surface area (Å²) in [6.07, 6.45) is 0. The number of nitro benzene ring substituents is 1. The third kappa shape index (κ3) is 6.96. The summed E-state index contributed by atoms with van der Waals surface area (Å²) in [5, 5.41) is 20.7. The molecule has 8 nitrogen and oxygen atoms in total. The van der Waals surface area contributed by atoms with Gasteiger partial charge in [-0.05, 0) is 70.9 Å². The van der Waals surface area contributed by atoms with E-state index in [-0.39, 0.29) is 16.4 Å². The quantitative estimate of drug-likeness (QED) is 0.330. The fraction of sp³-hybridized carbons (Fsp3) is 0.364. The molecule has 31 heavy (non-hydrogen) atoms. The van der Waals surface area contributed by atoms with Crippen LogP contribution in [-0.2, 0) is 10.4 Å². The van der Waals surface area contributed by atoms with E-state index in [0.29, 0.717) is 5.71 Å². The largest absolute Gasteiger partial charge is 0.390 e. The maximum absolute atomic E-state index is 12.5. The molecule has 0 aromatic heterocycles. The maximum Gasteiger partial charge on any atom is 0.319 e. The summed E-state index contributed by atoms with van der Waals surface area (Å²) in [5.41, 5.74) is 1.29. The lowest BCUT2D eigenvalue weighted by Gasteiger charge is -2.27. The molecule has 2 rings (SSSR count). The smallest absolute Gasteiger partial charge is 0.319 e. The van der Waals surface area contributed by atoms with Crippen LogP contribution in [0.2, 0.25) is 5.02 Å². The first kappa shape index (κ1) is 24.1. The van der Waals surface area contributed by atoms with Crippen LogP contribution in [0.5, 0.6) is 0 Å². The minimum Gasteiger partial charge on any atom is -0.390 e. The molecule has 0 spiro atoms. The van der Waals surface area contributed by atoms with Gasteiger partial charge in [0.2, 0.25) is 0 Å². The first-order valence-electron chi connectivity index (χ1n) is 9.65. The molecule has 2 N–H and O–H groups in total. The van der Waals surface area contributed by atoms with Crippen LogP contribution in [0, 0.1) is 10.1 Å². The number of nitrogens with one attached hydrogen (secondary N) is 2. The summed E-state index contributed by atoms with van der Waals surface area (Å²) in [4.78, 5) is 28.5. The number of urea groups is 1. The topological polar surface area (TPSA) is 106 Å². The Labute approximate surface area is 186 Å². The molecule has 0 aliphatic heterocycles. The van der Waals surface area contributed by atoms with Crippen molar-refractivity contribution in [1.82, 2.24) is 5.32 Å². The molecule has 166 valence electrons. The average Bonchev–Trinajstić information content (AvgIpc) is 2.66. The van der Waals surface area contributed by atoms with E-state index < -0.39 is 22.1 Å². The summed E-state index contributed by atoms with van der Waals surface area (Å²) < 4.78 is 0. The van der Waals surface area contributed by atoms with E-state index in [9.17, 15) is 14.9 Å². The number of hydrogen-bond donors (Lipinski definition) is 2. The highest BCUT2D eigenvalue weighted by atomic mass is 35.5. The highest BCUT2D eigenvalue weighted by Crippen LogP contribution is 2.28.